The zero-order valence-corrected chi connectivity index (χ0v) is 11.0. The molecule has 0 aliphatic carbocycles. The molecule has 0 unspecified atom stereocenters. The monoisotopic (exact) mass is 258 g/mol. The number of rotatable bonds is 1. The van der Waals surface area contributed by atoms with Crippen LogP contribution in [0.3, 0.4) is 0 Å². The van der Waals surface area contributed by atoms with Gasteiger partial charge < -0.3 is 15.0 Å². The van der Waals surface area contributed by atoms with Crippen LogP contribution >= 0.6 is 0 Å². The van der Waals surface area contributed by atoms with Crippen LogP contribution in [0.4, 0.5) is 0 Å². The van der Waals surface area contributed by atoms with Gasteiger partial charge >= 0.3 is 0 Å². The van der Waals surface area contributed by atoms with E-state index in [9.17, 15) is 9.90 Å². The number of nitrogens with one attached hydrogen (secondary N) is 1. The molecule has 0 radical (unpaired) electrons. The minimum Gasteiger partial charge on any atom is -0.390 e. The van der Waals surface area contributed by atoms with Crippen molar-refractivity contribution in [2.45, 2.75) is 25.4 Å². The fraction of sp³-hybridized carbons (Fsp3) is 0.400. The number of carbonyl (C=O) groups excluding carboxylic acids is 1. The van der Waals surface area contributed by atoms with Crippen LogP contribution in [0.15, 0.2) is 30.3 Å². The zero-order valence-electron chi connectivity index (χ0n) is 11.0. The highest BCUT2D eigenvalue weighted by molar-refractivity contribution is 5.98. The molecular formula is C15H18N2O2. The van der Waals surface area contributed by atoms with Gasteiger partial charge in [-0.1, -0.05) is 18.2 Å². The number of nitrogens with zero attached hydrogens (tertiary/aromatic N) is 1. The third kappa shape index (κ3) is 2.36. The number of amides is 1. The lowest BCUT2D eigenvalue weighted by molar-refractivity contribution is -0.00216. The van der Waals surface area contributed by atoms with Crippen LogP contribution in [0, 0.1) is 0 Å². The van der Waals surface area contributed by atoms with Crippen LogP contribution in [-0.4, -0.2) is 39.6 Å². The lowest BCUT2D eigenvalue weighted by atomic mass is 9.94. The Bertz CT molecular complexity index is 572. The predicted molar refractivity (Wildman–Crippen MR) is 74.1 cm³/mol. The average Bonchev–Trinajstić information content (AvgIpc) is 2.81. The van der Waals surface area contributed by atoms with Crippen LogP contribution in [0.1, 0.15) is 30.3 Å². The van der Waals surface area contributed by atoms with E-state index in [1.54, 1.807) is 0 Å². The zero-order chi connectivity index (χ0) is 13.5. The first-order valence-corrected chi connectivity index (χ1v) is 6.65. The third-order valence-electron chi connectivity index (χ3n) is 3.89. The Morgan fingerprint density at radius 1 is 1.32 bits per heavy atom. The van der Waals surface area contributed by atoms with Crippen LogP contribution in [-0.2, 0) is 0 Å². The number of aliphatic hydroxyl groups is 1. The molecule has 4 nitrogen and oxygen atoms in total. The maximum absolute atomic E-state index is 12.4. The Balaban J connectivity index is 1.80. The molecule has 1 aliphatic rings. The number of fused-ring (bicyclic) bond motifs is 1. The number of aromatic amines is 1. The van der Waals surface area contributed by atoms with Crippen molar-refractivity contribution in [2.24, 2.45) is 0 Å². The molecule has 19 heavy (non-hydrogen) atoms. The number of piperidine rings is 1. The van der Waals surface area contributed by atoms with Gasteiger partial charge in [-0.3, -0.25) is 4.79 Å². The molecule has 1 fully saturated rings. The Hall–Kier alpha value is -1.81. The lowest BCUT2D eigenvalue weighted by Crippen LogP contribution is -2.45. The van der Waals surface area contributed by atoms with Crippen molar-refractivity contribution in [3.8, 4) is 0 Å². The first-order valence-electron chi connectivity index (χ1n) is 6.65. The van der Waals surface area contributed by atoms with Gasteiger partial charge in [0.15, 0.2) is 0 Å². The van der Waals surface area contributed by atoms with Gasteiger partial charge in [-0.05, 0) is 31.9 Å². The van der Waals surface area contributed by atoms with Crippen molar-refractivity contribution in [1.82, 2.24) is 9.88 Å². The van der Waals surface area contributed by atoms with Crippen LogP contribution in [0.2, 0.25) is 0 Å². The molecule has 1 aliphatic heterocycles. The van der Waals surface area contributed by atoms with Crippen LogP contribution < -0.4 is 0 Å². The molecule has 2 heterocycles. The first-order chi connectivity index (χ1) is 9.05. The summed E-state index contributed by atoms with van der Waals surface area (Å²) in [4.78, 5) is 17.4. The number of carbonyl (C=O) groups is 1. The lowest BCUT2D eigenvalue weighted by Gasteiger charge is -2.35. The minimum atomic E-state index is -0.628. The van der Waals surface area contributed by atoms with Gasteiger partial charge in [0.05, 0.1) is 5.60 Å². The van der Waals surface area contributed by atoms with Gasteiger partial charge in [0.25, 0.3) is 5.91 Å². The molecule has 1 saturated heterocycles. The summed E-state index contributed by atoms with van der Waals surface area (Å²) >= 11 is 0. The summed E-state index contributed by atoms with van der Waals surface area (Å²) in [5, 5.41) is 11.0. The van der Waals surface area contributed by atoms with Crippen molar-refractivity contribution in [3.05, 3.63) is 36.0 Å². The van der Waals surface area contributed by atoms with Gasteiger partial charge in [-0.15, -0.1) is 0 Å². The molecule has 4 heteroatoms. The second-order valence-electron chi connectivity index (χ2n) is 5.56. The smallest absolute Gasteiger partial charge is 0.270 e. The van der Waals surface area contributed by atoms with Crippen molar-refractivity contribution >= 4 is 16.8 Å². The maximum atomic E-state index is 12.4. The largest absolute Gasteiger partial charge is 0.390 e. The summed E-state index contributed by atoms with van der Waals surface area (Å²) in [6.07, 6.45) is 1.28. The van der Waals surface area contributed by atoms with Crippen molar-refractivity contribution < 1.29 is 9.90 Å². The predicted octanol–water partition coefficient (Wildman–Crippen LogP) is 2.15. The minimum absolute atomic E-state index is 0.0201. The van der Waals surface area contributed by atoms with E-state index in [0.717, 1.165) is 10.9 Å². The molecular weight excluding hydrogens is 240 g/mol. The molecule has 0 spiro atoms. The second kappa shape index (κ2) is 4.38. The molecule has 0 saturated carbocycles. The summed E-state index contributed by atoms with van der Waals surface area (Å²) in [5.74, 6) is 0.0201. The van der Waals surface area contributed by atoms with Gasteiger partial charge in [0, 0.05) is 24.0 Å². The number of para-hydroxylation sites is 1. The molecule has 2 aromatic rings. The van der Waals surface area contributed by atoms with Crippen molar-refractivity contribution in [1.29, 1.82) is 0 Å². The molecule has 100 valence electrons. The summed E-state index contributed by atoms with van der Waals surface area (Å²) in [6.45, 7) is 3.06. The number of hydrogen-bond donors (Lipinski definition) is 2. The molecule has 0 atom stereocenters. The molecule has 1 aromatic carbocycles. The van der Waals surface area contributed by atoms with E-state index in [-0.39, 0.29) is 5.91 Å². The molecule has 3 rings (SSSR count). The Labute approximate surface area is 112 Å². The number of likely N-dealkylation sites (tertiary alicyclic amines) is 1. The highest BCUT2D eigenvalue weighted by atomic mass is 16.3. The van der Waals surface area contributed by atoms with E-state index in [0.29, 0.717) is 31.6 Å². The fourth-order valence-corrected chi connectivity index (χ4v) is 2.55. The summed E-state index contributed by atoms with van der Waals surface area (Å²) < 4.78 is 0. The van der Waals surface area contributed by atoms with E-state index in [4.69, 9.17) is 0 Å². The summed E-state index contributed by atoms with van der Waals surface area (Å²) in [7, 11) is 0. The highest BCUT2D eigenvalue weighted by Crippen LogP contribution is 2.23. The van der Waals surface area contributed by atoms with Gasteiger partial charge in [0.1, 0.15) is 5.69 Å². The van der Waals surface area contributed by atoms with Gasteiger partial charge in [0.2, 0.25) is 0 Å². The first kappa shape index (κ1) is 12.2. The molecule has 2 N–H and O–H groups in total. The Morgan fingerprint density at radius 2 is 2.00 bits per heavy atom. The van der Waals surface area contributed by atoms with E-state index < -0.39 is 5.60 Å². The van der Waals surface area contributed by atoms with Gasteiger partial charge in [-0.25, -0.2) is 0 Å². The number of benzene rings is 1. The summed E-state index contributed by atoms with van der Waals surface area (Å²) in [5.41, 5.74) is 0.981. The van der Waals surface area contributed by atoms with E-state index >= 15 is 0 Å². The van der Waals surface area contributed by atoms with Crippen LogP contribution in [0.25, 0.3) is 10.9 Å². The quantitative estimate of drug-likeness (QED) is 0.823. The Kier molecular flexibility index (Phi) is 2.82. The number of aromatic nitrogens is 1. The van der Waals surface area contributed by atoms with Gasteiger partial charge in [-0.2, -0.15) is 0 Å². The van der Waals surface area contributed by atoms with E-state index in [1.807, 2.05) is 42.2 Å². The SMILES string of the molecule is CC1(O)CCN(C(=O)c2cc3ccccc3[nH]2)CC1. The average molecular weight is 258 g/mol. The maximum Gasteiger partial charge on any atom is 0.270 e. The number of H-pyrrole nitrogens is 1. The molecule has 1 aromatic heterocycles. The highest BCUT2D eigenvalue weighted by Gasteiger charge is 2.30. The molecule has 0 bridgehead atoms. The number of hydrogen-bond acceptors (Lipinski definition) is 2. The normalized spacial score (nSPS) is 18.7. The Morgan fingerprint density at radius 3 is 2.68 bits per heavy atom. The summed E-state index contributed by atoms with van der Waals surface area (Å²) in [6, 6.07) is 9.76. The fourth-order valence-electron chi connectivity index (χ4n) is 2.55. The third-order valence-corrected chi connectivity index (χ3v) is 3.89. The van der Waals surface area contributed by atoms with Crippen molar-refractivity contribution in [3.63, 3.8) is 0 Å². The van der Waals surface area contributed by atoms with E-state index in [1.165, 1.54) is 0 Å². The standard InChI is InChI=1S/C15H18N2O2/c1-15(19)6-8-17(9-7-15)14(18)13-10-11-4-2-3-5-12(11)16-13/h2-5,10,16,19H,6-9H2,1H3. The van der Waals surface area contributed by atoms with E-state index in [2.05, 4.69) is 4.98 Å². The van der Waals surface area contributed by atoms with Crippen LogP contribution in [0.5, 0.6) is 0 Å². The second-order valence-corrected chi connectivity index (χ2v) is 5.56. The topological polar surface area (TPSA) is 56.3 Å². The molecule has 1 amide bonds. The van der Waals surface area contributed by atoms with Crippen molar-refractivity contribution in [2.75, 3.05) is 13.1 Å².